The molecule has 2 aromatic rings. The second-order valence-electron chi connectivity index (χ2n) is 9.61. The Balaban J connectivity index is 0.000000748. The third kappa shape index (κ3) is 16.8. The number of carbonyl (C=O) groups excluding carboxylic acids is 2. The molecule has 1 saturated heterocycles. The number of hydrogen-bond donors (Lipinski definition) is 5. The summed E-state index contributed by atoms with van der Waals surface area (Å²) in [4.78, 5) is 34.9. The van der Waals surface area contributed by atoms with E-state index < -0.39 is 18.2 Å². The Kier molecular flexibility index (Phi) is 19.4. The monoisotopic (exact) mass is 591 g/mol. The summed E-state index contributed by atoms with van der Waals surface area (Å²) in [5.41, 5.74) is 3.23. The van der Waals surface area contributed by atoms with Gasteiger partial charge in [-0.2, -0.15) is 0 Å². The van der Waals surface area contributed by atoms with Gasteiger partial charge in [0.15, 0.2) is 0 Å². The van der Waals surface area contributed by atoms with Crippen LogP contribution in [0.1, 0.15) is 44.1 Å². The number of aliphatic hydroxyl groups is 3. The van der Waals surface area contributed by atoms with E-state index in [0.717, 1.165) is 23.8 Å². The van der Waals surface area contributed by atoms with Gasteiger partial charge in [-0.25, -0.2) is 0 Å². The lowest BCUT2D eigenvalue weighted by Gasteiger charge is -2.21. The molecule has 0 radical (unpaired) electrons. The Morgan fingerprint density at radius 2 is 1.52 bits per heavy atom. The number of aliphatic carboxylic acids is 1. The lowest BCUT2D eigenvalue weighted by atomic mass is 9.98. The minimum atomic E-state index is -1.02. The number of rotatable bonds is 14. The number of carbonyl (C=O) groups is 3. The van der Waals surface area contributed by atoms with Gasteiger partial charge in [0.25, 0.3) is 0 Å². The quantitative estimate of drug-likeness (QED) is 0.162. The van der Waals surface area contributed by atoms with Gasteiger partial charge in [0.2, 0.25) is 5.91 Å². The zero-order valence-electron chi connectivity index (χ0n) is 24.4. The third-order valence-electron chi connectivity index (χ3n) is 6.09. The fraction of sp³-hybridized carbons (Fsp3) is 0.516. The van der Waals surface area contributed by atoms with Crippen LogP contribution >= 0.6 is 0 Å². The largest absolute Gasteiger partial charge is 0.481 e. The third-order valence-corrected chi connectivity index (χ3v) is 6.09. The molecule has 0 aliphatic carbocycles. The summed E-state index contributed by atoms with van der Waals surface area (Å²) >= 11 is 0. The SMILES string of the molecule is CO.COCCCOC(=O)CCC(Cc1ccc(-c2ccccc2)cc1)NC(=O)CCC(=O)O.OC1COCC(O)C1. The van der Waals surface area contributed by atoms with E-state index in [1.165, 1.54) is 0 Å². The summed E-state index contributed by atoms with van der Waals surface area (Å²) in [5, 5.41) is 36.3. The Morgan fingerprint density at radius 1 is 0.905 bits per heavy atom. The van der Waals surface area contributed by atoms with E-state index in [1.807, 2.05) is 54.6 Å². The fourth-order valence-electron chi connectivity index (χ4n) is 4.04. The van der Waals surface area contributed by atoms with Crippen LogP contribution in [0.4, 0.5) is 0 Å². The van der Waals surface area contributed by atoms with Crippen molar-refractivity contribution in [2.75, 3.05) is 40.6 Å². The lowest BCUT2D eigenvalue weighted by Crippen LogP contribution is -2.37. The van der Waals surface area contributed by atoms with Crippen molar-refractivity contribution in [1.82, 2.24) is 5.32 Å². The number of carboxylic acids is 1. The molecule has 234 valence electrons. The van der Waals surface area contributed by atoms with Crippen molar-refractivity contribution in [2.24, 2.45) is 0 Å². The Morgan fingerprint density at radius 3 is 2.07 bits per heavy atom. The maximum absolute atomic E-state index is 12.2. The van der Waals surface area contributed by atoms with Crippen molar-refractivity contribution in [3.63, 3.8) is 0 Å². The number of benzene rings is 2. The van der Waals surface area contributed by atoms with Crippen LogP contribution in [0.15, 0.2) is 54.6 Å². The summed E-state index contributed by atoms with van der Waals surface area (Å²) in [6.07, 6.45) is 0.946. The zero-order chi connectivity index (χ0) is 31.2. The first-order valence-electron chi connectivity index (χ1n) is 14.0. The predicted octanol–water partition coefficient (Wildman–Crippen LogP) is 2.34. The molecule has 5 N–H and O–H groups in total. The van der Waals surface area contributed by atoms with Crippen LogP contribution in [-0.4, -0.2) is 97.2 Å². The number of hydrogen-bond acceptors (Lipinski definition) is 9. The van der Waals surface area contributed by atoms with Crippen LogP contribution in [0.5, 0.6) is 0 Å². The van der Waals surface area contributed by atoms with E-state index in [-0.39, 0.29) is 37.2 Å². The highest BCUT2D eigenvalue weighted by atomic mass is 16.5. The summed E-state index contributed by atoms with van der Waals surface area (Å²) in [5.74, 6) is -1.69. The number of esters is 1. The summed E-state index contributed by atoms with van der Waals surface area (Å²) in [6.45, 7) is 1.56. The summed E-state index contributed by atoms with van der Waals surface area (Å²) in [6, 6.07) is 17.8. The first-order chi connectivity index (χ1) is 20.3. The van der Waals surface area contributed by atoms with Gasteiger partial charge in [0, 0.05) is 52.6 Å². The van der Waals surface area contributed by atoms with Crippen molar-refractivity contribution in [1.29, 1.82) is 0 Å². The van der Waals surface area contributed by atoms with Gasteiger partial charge in [-0.3, -0.25) is 14.4 Å². The standard InChI is InChI=1S/C25H31NO6.C5H10O3.CH4O/c1-31-16-5-17-32-25(30)15-12-22(26-23(27)13-14-24(28)29)18-19-8-10-21(11-9-19)20-6-3-2-4-7-20;6-4-1-5(7)3-8-2-4;1-2/h2-4,6-11,22H,5,12-18H2,1H3,(H,26,27)(H,28,29);4-7H,1-3H2;2H,1H3. The highest BCUT2D eigenvalue weighted by molar-refractivity contribution is 5.81. The van der Waals surface area contributed by atoms with Gasteiger partial charge in [-0.1, -0.05) is 54.6 Å². The molecule has 1 aliphatic heterocycles. The molecule has 0 saturated carbocycles. The van der Waals surface area contributed by atoms with Crippen LogP contribution in [-0.2, 0) is 35.0 Å². The minimum Gasteiger partial charge on any atom is -0.481 e. The molecule has 1 amide bonds. The van der Waals surface area contributed by atoms with Gasteiger partial charge in [0.05, 0.1) is 38.4 Å². The molecular formula is C31H45NO10. The van der Waals surface area contributed by atoms with Crippen molar-refractivity contribution in [3.8, 4) is 11.1 Å². The number of nitrogens with one attached hydrogen (secondary N) is 1. The van der Waals surface area contributed by atoms with Gasteiger partial charge in [-0.15, -0.1) is 0 Å². The summed E-state index contributed by atoms with van der Waals surface area (Å²) < 4.78 is 14.9. The Hall–Kier alpha value is -3.35. The molecule has 3 rings (SSSR count). The molecule has 3 atom stereocenters. The topological polar surface area (TPSA) is 172 Å². The van der Waals surface area contributed by atoms with Crippen LogP contribution in [0.3, 0.4) is 0 Å². The maximum Gasteiger partial charge on any atom is 0.305 e. The zero-order valence-corrected chi connectivity index (χ0v) is 24.4. The van der Waals surface area contributed by atoms with E-state index >= 15 is 0 Å². The van der Waals surface area contributed by atoms with E-state index in [1.54, 1.807) is 7.11 Å². The van der Waals surface area contributed by atoms with E-state index in [9.17, 15) is 14.4 Å². The molecule has 0 bridgehead atoms. The summed E-state index contributed by atoms with van der Waals surface area (Å²) in [7, 11) is 2.59. The molecule has 11 nitrogen and oxygen atoms in total. The van der Waals surface area contributed by atoms with Crippen molar-refractivity contribution < 1.29 is 49.0 Å². The van der Waals surface area contributed by atoms with E-state index in [4.69, 9.17) is 34.6 Å². The number of ether oxygens (including phenoxy) is 3. The average Bonchev–Trinajstić information content (AvgIpc) is 2.99. The van der Waals surface area contributed by atoms with Crippen molar-refractivity contribution in [3.05, 3.63) is 60.2 Å². The molecule has 1 aliphatic rings. The smallest absolute Gasteiger partial charge is 0.305 e. The molecule has 0 aromatic heterocycles. The van der Waals surface area contributed by atoms with Crippen LogP contribution in [0, 0.1) is 0 Å². The first kappa shape index (κ1) is 36.7. The van der Waals surface area contributed by atoms with Gasteiger partial charge in [-0.05, 0) is 29.5 Å². The normalized spacial score (nSPS) is 16.5. The average molecular weight is 592 g/mol. The fourth-order valence-corrected chi connectivity index (χ4v) is 4.04. The van der Waals surface area contributed by atoms with E-state index in [2.05, 4.69) is 5.32 Å². The van der Waals surface area contributed by atoms with Crippen LogP contribution in [0.25, 0.3) is 11.1 Å². The minimum absolute atomic E-state index is 0.0970. The van der Waals surface area contributed by atoms with Gasteiger partial charge in [0.1, 0.15) is 0 Å². The molecule has 1 heterocycles. The highest BCUT2D eigenvalue weighted by Crippen LogP contribution is 2.20. The van der Waals surface area contributed by atoms with Gasteiger partial charge < -0.3 is 40.0 Å². The predicted molar refractivity (Wildman–Crippen MR) is 157 cm³/mol. The maximum atomic E-state index is 12.2. The van der Waals surface area contributed by atoms with Crippen molar-refractivity contribution >= 4 is 17.8 Å². The second-order valence-corrected chi connectivity index (χ2v) is 9.61. The Bertz CT molecular complexity index is 1010. The number of aliphatic hydroxyl groups excluding tert-OH is 3. The second kappa shape index (κ2) is 22.3. The molecule has 11 heteroatoms. The molecule has 0 spiro atoms. The molecule has 42 heavy (non-hydrogen) atoms. The molecule has 1 fully saturated rings. The molecule has 2 aromatic carbocycles. The first-order valence-corrected chi connectivity index (χ1v) is 14.0. The van der Waals surface area contributed by atoms with Gasteiger partial charge >= 0.3 is 11.9 Å². The van der Waals surface area contributed by atoms with E-state index in [0.29, 0.717) is 52.1 Å². The van der Waals surface area contributed by atoms with Crippen LogP contribution in [0.2, 0.25) is 0 Å². The van der Waals surface area contributed by atoms with Crippen LogP contribution < -0.4 is 5.32 Å². The number of carboxylic acid groups (broad SMARTS) is 1. The highest BCUT2D eigenvalue weighted by Gasteiger charge is 2.18. The Labute approximate surface area is 247 Å². The molecular weight excluding hydrogens is 546 g/mol. The lowest BCUT2D eigenvalue weighted by molar-refractivity contribution is -0.144. The number of amides is 1. The van der Waals surface area contributed by atoms with Crippen molar-refractivity contribution in [2.45, 2.75) is 63.2 Å². The number of methoxy groups -OCH3 is 1. The molecule has 3 unspecified atom stereocenters.